The fraction of sp³-hybridized carbons (Fsp3) is 0.438. The van der Waals surface area contributed by atoms with E-state index in [9.17, 15) is 4.79 Å². The Morgan fingerprint density at radius 3 is 2.53 bits per heavy atom. The van der Waals surface area contributed by atoms with E-state index in [1.807, 2.05) is 18.2 Å². The summed E-state index contributed by atoms with van der Waals surface area (Å²) in [5.41, 5.74) is 2.30. The molecule has 3 heteroatoms. The molecule has 0 amide bonds. The molecular formula is C16H18N2O. The fourth-order valence-corrected chi connectivity index (χ4v) is 2.95. The third-order valence-electron chi connectivity index (χ3n) is 3.99. The van der Waals surface area contributed by atoms with Gasteiger partial charge in [0.05, 0.1) is 11.0 Å². The zero-order valence-electron chi connectivity index (χ0n) is 11.0. The Kier molecular flexibility index (Phi) is 3.53. The van der Waals surface area contributed by atoms with Crippen LogP contribution in [0, 0.1) is 5.92 Å². The van der Waals surface area contributed by atoms with Gasteiger partial charge in [0, 0.05) is 23.9 Å². The smallest absolute Gasteiger partial charge is 0.168 e. The van der Waals surface area contributed by atoms with Crippen molar-refractivity contribution in [3.8, 4) is 0 Å². The molecule has 3 nitrogen and oxygen atoms in total. The molecule has 98 valence electrons. The van der Waals surface area contributed by atoms with Crippen molar-refractivity contribution in [2.75, 3.05) is 0 Å². The average Bonchev–Trinajstić information content (AvgIpc) is 2.75. The molecule has 19 heavy (non-hydrogen) atoms. The number of carbonyl (C=O) groups is 1. The minimum atomic E-state index is 0.176. The van der Waals surface area contributed by atoms with Gasteiger partial charge in [-0.3, -0.25) is 14.8 Å². The Balaban J connectivity index is 1.96. The number of ketones is 1. The lowest BCUT2D eigenvalue weighted by Gasteiger charge is -2.13. The highest BCUT2D eigenvalue weighted by Crippen LogP contribution is 2.27. The van der Waals surface area contributed by atoms with E-state index < -0.39 is 0 Å². The van der Waals surface area contributed by atoms with Gasteiger partial charge in [0.25, 0.3) is 0 Å². The Hall–Kier alpha value is -1.77. The summed E-state index contributed by atoms with van der Waals surface area (Å²) in [5, 5.41) is 0. The van der Waals surface area contributed by atoms with Gasteiger partial charge in [-0.1, -0.05) is 31.7 Å². The number of fused-ring (bicyclic) bond motifs is 1. The molecule has 0 radical (unpaired) electrons. The van der Waals surface area contributed by atoms with Crippen molar-refractivity contribution in [3.63, 3.8) is 0 Å². The van der Waals surface area contributed by atoms with Crippen LogP contribution >= 0.6 is 0 Å². The molecule has 3 rings (SSSR count). The lowest BCUT2D eigenvalue weighted by atomic mass is 9.90. The molecular weight excluding hydrogens is 236 g/mol. The largest absolute Gasteiger partial charge is 0.294 e. The van der Waals surface area contributed by atoms with E-state index >= 15 is 0 Å². The van der Waals surface area contributed by atoms with Crippen LogP contribution in [-0.2, 0) is 0 Å². The predicted molar refractivity (Wildman–Crippen MR) is 75.1 cm³/mol. The minimum Gasteiger partial charge on any atom is -0.294 e. The first kappa shape index (κ1) is 12.3. The predicted octanol–water partition coefficient (Wildman–Crippen LogP) is 3.78. The zero-order chi connectivity index (χ0) is 13.1. The first-order valence-electron chi connectivity index (χ1n) is 7.10. The standard InChI is InChI=1S/C16H18N2O/c19-16(12-6-3-1-2-4-7-12)13-8-5-9-14-15(13)18-11-10-17-14/h5,8-12H,1-4,6-7H2. The third-order valence-corrected chi connectivity index (χ3v) is 3.99. The molecule has 1 aliphatic rings. The lowest BCUT2D eigenvalue weighted by molar-refractivity contribution is 0.0909. The minimum absolute atomic E-state index is 0.176. The van der Waals surface area contributed by atoms with E-state index in [1.54, 1.807) is 12.4 Å². The summed E-state index contributed by atoms with van der Waals surface area (Å²) < 4.78 is 0. The van der Waals surface area contributed by atoms with E-state index in [0.717, 1.165) is 29.4 Å². The number of rotatable bonds is 2. The van der Waals surface area contributed by atoms with Crippen LogP contribution in [0.2, 0.25) is 0 Å². The summed E-state index contributed by atoms with van der Waals surface area (Å²) in [4.78, 5) is 21.3. The maximum atomic E-state index is 12.7. The van der Waals surface area contributed by atoms with Gasteiger partial charge in [-0.15, -0.1) is 0 Å². The van der Waals surface area contributed by atoms with Gasteiger partial charge in [0.1, 0.15) is 0 Å². The monoisotopic (exact) mass is 254 g/mol. The van der Waals surface area contributed by atoms with Gasteiger partial charge in [0.2, 0.25) is 0 Å². The first-order chi connectivity index (χ1) is 9.36. The third kappa shape index (κ3) is 2.50. The topological polar surface area (TPSA) is 42.9 Å². The second kappa shape index (κ2) is 5.47. The van der Waals surface area contributed by atoms with Gasteiger partial charge in [-0.25, -0.2) is 0 Å². The molecule has 0 atom stereocenters. The molecule has 1 heterocycles. The second-order valence-electron chi connectivity index (χ2n) is 5.28. The van der Waals surface area contributed by atoms with Gasteiger partial charge >= 0.3 is 0 Å². The number of benzene rings is 1. The Labute approximate surface area is 113 Å². The Morgan fingerprint density at radius 1 is 1.00 bits per heavy atom. The van der Waals surface area contributed by atoms with Gasteiger partial charge in [-0.2, -0.15) is 0 Å². The highest BCUT2D eigenvalue weighted by molar-refractivity contribution is 6.06. The van der Waals surface area contributed by atoms with Gasteiger partial charge in [-0.05, 0) is 25.0 Å². The summed E-state index contributed by atoms with van der Waals surface area (Å²) >= 11 is 0. The summed E-state index contributed by atoms with van der Waals surface area (Å²) in [5.74, 6) is 0.433. The molecule has 0 aliphatic heterocycles. The molecule has 1 aromatic heterocycles. The molecule has 0 unspecified atom stereocenters. The first-order valence-corrected chi connectivity index (χ1v) is 7.10. The quantitative estimate of drug-likeness (QED) is 0.605. The number of aromatic nitrogens is 2. The van der Waals surface area contributed by atoms with Crippen molar-refractivity contribution < 1.29 is 4.79 Å². The van der Waals surface area contributed by atoms with Gasteiger partial charge < -0.3 is 0 Å². The summed E-state index contributed by atoms with van der Waals surface area (Å²) in [6, 6.07) is 5.71. The molecule has 1 aliphatic carbocycles. The molecule has 1 saturated carbocycles. The van der Waals surface area contributed by atoms with E-state index in [1.165, 1.54) is 25.7 Å². The van der Waals surface area contributed by atoms with Crippen LogP contribution in [0.15, 0.2) is 30.6 Å². The molecule has 0 spiro atoms. The zero-order valence-corrected chi connectivity index (χ0v) is 11.0. The second-order valence-corrected chi connectivity index (χ2v) is 5.28. The maximum Gasteiger partial charge on any atom is 0.168 e. The molecule has 0 N–H and O–H groups in total. The Morgan fingerprint density at radius 2 is 1.74 bits per heavy atom. The highest BCUT2D eigenvalue weighted by Gasteiger charge is 2.23. The SMILES string of the molecule is O=C(c1cccc2nccnc12)C1CCCCCC1. The normalized spacial score (nSPS) is 17.3. The van der Waals surface area contributed by atoms with Crippen molar-refractivity contribution in [2.45, 2.75) is 38.5 Å². The van der Waals surface area contributed by atoms with E-state index in [2.05, 4.69) is 9.97 Å². The number of nitrogens with zero attached hydrogens (tertiary/aromatic N) is 2. The Bertz CT molecular complexity index is 581. The summed E-state index contributed by atoms with van der Waals surface area (Å²) in [7, 11) is 0. The number of hydrogen-bond donors (Lipinski definition) is 0. The number of para-hydroxylation sites is 1. The van der Waals surface area contributed by atoms with E-state index in [-0.39, 0.29) is 11.7 Å². The number of carbonyl (C=O) groups excluding carboxylic acids is 1. The molecule has 1 aromatic carbocycles. The van der Waals surface area contributed by atoms with E-state index in [4.69, 9.17) is 0 Å². The molecule has 1 fully saturated rings. The van der Waals surface area contributed by atoms with Crippen molar-refractivity contribution in [2.24, 2.45) is 5.92 Å². The highest BCUT2D eigenvalue weighted by atomic mass is 16.1. The average molecular weight is 254 g/mol. The van der Waals surface area contributed by atoms with Crippen LogP contribution in [0.5, 0.6) is 0 Å². The van der Waals surface area contributed by atoms with Crippen LogP contribution in [0.25, 0.3) is 11.0 Å². The van der Waals surface area contributed by atoms with Crippen molar-refractivity contribution in [1.82, 2.24) is 9.97 Å². The number of hydrogen-bond acceptors (Lipinski definition) is 3. The van der Waals surface area contributed by atoms with E-state index in [0.29, 0.717) is 0 Å². The lowest BCUT2D eigenvalue weighted by Crippen LogP contribution is -2.14. The van der Waals surface area contributed by atoms with Crippen LogP contribution < -0.4 is 0 Å². The van der Waals surface area contributed by atoms with Crippen LogP contribution in [0.3, 0.4) is 0 Å². The fourth-order valence-electron chi connectivity index (χ4n) is 2.95. The summed E-state index contributed by atoms with van der Waals surface area (Å²) in [6.45, 7) is 0. The molecule has 0 bridgehead atoms. The van der Waals surface area contributed by atoms with Crippen molar-refractivity contribution in [1.29, 1.82) is 0 Å². The van der Waals surface area contributed by atoms with Crippen molar-refractivity contribution in [3.05, 3.63) is 36.2 Å². The summed E-state index contributed by atoms with van der Waals surface area (Å²) in [6.07, 6.45) is 10.2. The maximum absolute atomic E-state index is 12.7. The molecule has 0 saturated heterocycles. The van der Waals surface area contributed by atoms with Gasteiger partial charge in [0.15, 0.2) is 5.78 Å². The van der Waals surface area contributed by atoms with Crippen LogP contribution in [0.4, 0.5) is 0 Å². The molecule has 2 aromatic rings. The van der Waals surface area contributed by atoms with Crippen molar-refractivity contribution >= 4 is 16.8 Å². The number of Topliss-reactive ketones (excluding diaryl/α,β-unsaturated/α-hetero) is 1. The van der Waals surface area contributed by atoms with Crippen LogP contribution in [-0.4, -0.2) is 15.8 Å². The van der Waals surface area contributed by atoms with Crippen LogP contribution in [0.1, 0.15) is 48.9 Å².